The number of morpholine rings is 1. The molecule has 0 radical (unpaired) electrons. The fourth-order valence-corrected chi connectivity index (χ4v) is 2.30. The molecule has 0 aliphatic carbocycles. The maximum atomic E-state index is 11.6. The van der Waals surface area contributed by atoms with E-state index in [-0.39, 0.29) is 12.3 Å². The molecule has 1 aromatic rings. The number of methoxy groups -OCH3 is 2. The Bertz CT molecular complexity index is 577. The van der Waals surface area contributed by atoms with Gasteiger partial charge in [-0.2, -0.15) is 5.26 Å². The highest BCUT2D eigenvalue weighted by atomic mass is 16.5. The topological polar surface area (TPSA) is 83.8 Å². The van der Waals surface area contributed by atoms with Crippen LogP contribution in [0.3, 0.4) is 0 Å². The van der Waals surface area contributed by atoms with Crippen molar-refractivity contribution in [1.29, 1.82) is 5.26 Å². The molecule has 118 valence electrons. The highest BCUT2D eigenvalue weighted by Gasteiger charge is 2.19. The van der Waals surface area contributed by atoms with Crippen molar-refractivity contribution in [3.63, 3.8) is 0 Å². The van der Waals surface area contributed by atoms with Crippen LogP contribution >= 0.6 is 0 Å². The van der Waals surface area contributed by atoms with Gasteiger partial charge in [-0.15, -0.1) is 0 Å². The third kappa shape index (κ3) is 3.59. The van der Waals surface area contributed by atoms with Crippen LogP contribution < -0.4 is 19.7 Å². The van der Waals surface area contributed by atoms with Crippen molar-refractivity contribution in [2.45, 2.75) is 6.42 Å². The van der Waals surface area contributed by atoms with Crippen LogP contribution in [0.15, 0.2) is 12.1 Å². The minimum absolute atomic E-state index is 0.212. The van der Waals surface area contributed by atoms with Crippen molar-refractivity contribution in [3.05, 3.63) is 12.1 Å². The average molecular weight is 305 g/mol. The van der Waals surface area contributed by atoms with E-state index < -0.39 is 0 Å². The van der Waals surface area contributed by atoms with Crippen LogP contribution in [0.4, 0.5) is 11.4 Å². The molecule has 1 aliphatic rings. The summed E-state index contributed by atoms with van der Waals surface area (Å²) >= 11 is 0. The van der Waals surface area contributed by atoms with Crippen LogP contribution in [-0.4, -0.2) is 46.4 Å². The Morgan fingerprint density at radius 1 is 1.32 bits per heavy atom. The van der Waals surface area contributed by atoms with Crippen molar-refractivity contribution in [2.24, 2.45) is 0 Å². The number of nitrogens with zero attached hydrogens (tertiary/aromatic N) is 2. The fraction of sp³-hybridized carbons (Fsp3) is 0.467. The van der Waals surface area contributed by atoms with Crippen LogP contribution in [0, 0.1) is 11.3 Å². The smallest absolute Gasteiger partial charge is 0.238 e. The Labute approximate surface area is 129 Å². The first-order valence-electron chi connectivity index (χ1n) is 6.95. The van der Waals surface area contributed by atoms with Gasteiger partial charge >= 0.3 is 0 Å². The third-order valence-electron chi connectivity index (χ3n) is 3.37. The minimum Gasteiger partial charge on any atom is -0.494 e. The highest BCUT2D eigenvalue weighted by Crippen LogP contribution is 2.38. The summed E-state index contributed by atoms with van der Waals surface area (Å²) in [5.74, 6) is 0.769. The molecular weight excluding hydrogens is 286 g/mol. The molecular formula is C15H19N3O4. The Hall–Kier alpha value is -2.46. The maximum absolute atomic E-state index is 11.6. The molecule has 1 N–H and O–H groups in total. The number of carbonyl (C=O) groups is 1. The molecule has 1 heterocycles. The van der Waals surface area contributed by atoms with E-state index >= 15 is 0 Å². The quantitative estimate of drug-likeness (QED) is 0.885. The van der Waals surface area contributed by atoms with Crippen molar-refractivity contribution in [2.75, 3.05) is 50.7 Å². The van der Waals surface area contributed by atoms with Crippen LogP contribution in [0.5, 0.6) is 11.5 Å². The van der Waals surface area contributed by atoms with E-state index in [9.17, 15) is 4.79 Å². The van der Waals surface area contributed by atoms with Gasteiger partial charge in [-0.1, -0.05) is 0 Å². The molecule has 1 aromatic carbocycles. The van der Waals surface area contributed by atoms with E-state index in [0.29, 0.717) is 30.4 Å². The van der Waals surface area contributed by atoms with Crippen LogP contribution in [0.1, 0.15) is 6.42 Å². The number of hydrogen-bond donors (Lipinski definition) is 1. The molecule has 0 bridgehead atoms. The van der Waals surface area contributed by atoms with Gasteiger partial charge in [0.2, 0.25) is 5.91 Å². The minimum atomic E-state index is -0.387. The molecule has 0 saturated carbocycles. The van der Waals surface area contributed by atoms with Crippen molar-refractivity contribution < 1.29 is 19.0 Å². The first-order chi connectivity index (χ1) is 10.7. The number of hydrogen-bond acceptors (Lipinski definition) is 6. The number of nitrogens with one attached hydrogen (secondary N) is 1. The lowest BCUT2D eigenvalue weighted by Gasteiger charge is -2.30. The van der Waals surface area contributed by atoms with Crippen molar-refractivity contribution >= 4 is 17.3 Å². The van der Waals surface area contributed by atoms with Crippen LogP contribution in [0.25, 0.3) is 0 Å². The molecule has 0 atom stereocenters. The molecule has 2 rings (SSSR count). The first-order valence-corrected chi connectivity index (χ1v) is 6.95. The first kappa shape index (κ1) is 15.9. The van der Waals surface area contributed by atoms with E-state index in [4.69, 9.17) is 19.5 Å². The highest BCUT2D eigenvalue weighted by molar-refractivity contribution is 5.94. The number of ether oxygens (including phenoxy) is 3. The predicted octanol–water partition coefficient (Wildman–Crippen LogP) is 1.39. The summed E-state index contributed by atoms with van der Waals surface area (Å²) in [5.41, 5.74) is 1.37. The van der Waals surface area contributed by atoms with Crippen LogP contribution in [0.2, 0.25) is 0 Å². The normalized spacial score (nSPS) is 14.1. The Morgan fingerprint density at radius 3 is 2.59 bits per heavy atom. The molecule has 1 amide bonds. The van der Waals surface area contributed by atoms with Gasteiger partial charge in [0.25, 0.3) is 0 Å². The number of anilines is 2. The Kier molecular flexibility index (Phi) is 5.44. The lowest BCUT2D eigenvalue weighted by atomic mass is 10.2. The second-order valence-corrected chi connectivity index (χ2v) is 4.71. The predicted molar refractivity (Wildman–Crippen MR) is 81.4 cm³/mol. The van der Waals surface area contributed by atoms with Gasteiger partial charge < -0.3 is 24.4 Å². The van der Waals surface area contributed by atoms with Crippen molar-refractivity contribution in [1.82, 2.24) is 0 Å². The number of carbonyl (C=O) groups excluding carboxylic acids is 1. The average Bonchev–Trinajstić information content (AvgIpc) is 2.55. The molecule has 0 spiro atoms. The van der Waals surface area contributed by atoms with E-state index in [1.807, 2.05) is 12.1 Å². The largest absolute Gasteiger partial charge is 0.494 e. The number of amides is 1. The second kappa shape index (κ2) is 7.52. The van der Waals surface area contributed by atoms with Gasteiger partial charge in [0.15, 0.2) is 0 Å². The molecule has 1 aliphatic heterocycles. The molecule has 0 unspecified atom stereocenters. The number of benzene rings is 1. The molecule has 0 aromatic heterocycles. The molecule has 22 heavy (non-hydrogen) atoms. The SMILES string of the molecule is COc1cc(N2CCOCC2)c(OC)cc1NC(=O)CC#N. The van der Waals surface area contributed by atoms with Gasteiger partial charge in [0, 0.05) is 25.2 Å². The monoisotopic (exact) mass is 305 g/mol. The fourth-order valence-electron chi connectivity index (χ4n) is 2.30. The molecule has 7 heteroatoms. The number of nitriles is 1. The van der Waals surface area contributed by atoms with Gasteiger partial charge in [0.05, 0.1) is 44.9 Å². The summed E-state index contributed by atoms with van der Waals surface area (Å²) in [6, 6.07) is 5.34. The van der Waals surface area contributed by atoms with Gasteiger partial charge in [-0.25, -0.2) is 0 Å². The van der Waals surface area contributed by atoms with Gasteiger partial charge in [-0.3, -0.25) is 4.79 Å². The summed E-state index contributed by atoms with van der Waals surface area (Å²) < 4.78 is 16.1. The van der Waals surface area contributed by atoms with E-state index in [2.05, 4.69) is 10.2 Å². The zero-order valence-corrected chi connectivity index (χ0v) is 12.7. The van der Waals surface area contributed by atoms with E-state index in [0.717, 1.165) is 18.8 Å². The lowest BCUT2D eigenvalue weighted by Crippen LogP contribution is -2.36. The summed E-state index contributed by atoms with van der Waals surface area (Å²) in [7, 11) is 3.11. The molecule has 7 nitrogen and oxygen atoms in total. The van der Waals surface area contributed by atoms with E-state index in [1.54, 1.807) is 13.2 Å². The summed E-state index contributed by atoms with van der Waals surface area (Å²) in [5, 5.41) is 11.2. The maximum Gasteiger partial charge on any atom is 0.238 e. The number of rotatable bonds is 5. The molecule has 1 saturated heterocycles. The second-order valence-electron chi connectivity index (χ2n) is 4.71. The zero-order chi connectivity index (χ0) is 15.9. The summed E-state index contributed by atoms with van der Waals surface area (Å²) in [6.45, 7) is 2.84. The standard InChI is InChI=1S/C15H19N3O4/c1-20-13-10-12(18-5-7-22-8-6-18)14(21-2)9-11(13)17-15(19)3-4-16/h9-10H,3,5-8H2,1-2H3,(H,17,19). The van der Waals surface area contributed by atoms with Gasteiger partial charge in [-0.05, 0) is 0 Å². The lowest BCUT2D eigenvalue weighted by molar-refractivity contribution is -0.115. The Balaban J connectivity index is 2.32. The third-order valence-corrected chi connectivity index (χ3v) is 3.37. The summed E-state index contributed by atoms with van der Waals surface area (Å²) in [4.78, 5) is 13.8. The van der Waals surface area contributed by atoms with Crippen molar-refractivity contribution in [3.8, 4) is 17.6 Å². The van der Waals surface area contributed by atoms with E-state index in [1.165, 1.54) is 7.11 Å². The van der Waals surface area contributed by atoms with Crippen LogP contribution in [-0.2, 0) is 9.53 Å². The van der Waals surface area contributed by atoms with Gasteiger partial charge in [0.1, 0.15) is 17.9 Å². The summed E-state index contributed by atoms with van der Waals surface area (Å²) in [6.07, 6.45) is -0.212. The molecule has 1 fully saturated rings. The zero-order valence-electron chi connectivity index (χ0n) is 12.7. The Morgan fingerprint density at radius 2 is 2.00 bits per heavy atom.